The summed E-state index contributed by atoms with van der Waals surface area (Å²) in [5, 5.41) is 0. The molecule has 1 fully saturated rings. The average Bonchev–Trinajstić information content (AvgIpc) is 2.89. The lowest BCUT2D eigenvalue weighted by atomic mass is 10.2. The first kappa shape index (κ1) is 22.0. The van der Waals surface area contributed by atoms with E-state index in [1.165, 1.54) is 5.69 Å². The first-order valence-electron chi connectivity index (χ1n) is 11.0. The summed E-state index contributed by atoms with van der Waals surface area (Å²) in [5.74, 6) is 1.39. The number of para-hydroxylation sites is 1. The SMILES string of the molecule is COc1ccc2nc(NS(=O)(=O)c3ccccc3)c(N3CCN(c4ccccc4)CC3)nc2c1. The van der Waals surface area contributed by atoms with E-state index in [1.54, 1.807) is 49.6 Å². The molecule has 0 bridgehead atoms. The van der Waals surface area contributed by atoms with Crippen molar-refractivity contribution in [1.29, 1.82) is 0 Å². The molecule has 1 aromatic heterocycles. The van der Waals surface area contributed by atoms with Crippen LogP contribution in [0.5, 0.6) is 5.75 Å². The van der Waals surface area contributed by atoms with Gasteiger partial charge in [0.1, 0.15) is 5.75 Å². The molecule has 0 unspecified atom stereocenters. The van der Waals surface area contributed by atoms with Gasteiger partial charge in [-0.15, -0.1) is 0 Å². The van der Waals surface area contributed by atoms with Gasteiger partial charge in [-0.2, -0.15) is 0 Å². The maximum atomic E-state index is 13.1. The highest BCUT2D eigenvalue weighted by atomic mass is 32.2. The Bertz CT molecular complexity index is 1390. The molecule has 4 aromatic rings. The van der Waals surface area contributed by atoms with Gasteiger partial charge in [-0.1, -0.05) is 36.4 Å². The number of aromatic nitrogens is 2. The van der Waals surface area contributed by atoms with Crippen LogP contribution in [0, 0.1) is 0 Å². The Balaban J connectivity index is 1.50. The number of methoxy groups -OCH3 is 1. The van der Waals surface area contributed by atoms with E-state index in [4.69, 9.17) is 9.72 Å². The van der Waals surface area contributed by atoms with Crippen LogP contribution in [0.3, 0.4) is 0 Å². The predicted molar refractivity (Wildman–Crippen MR) is 134 cm³/mol. The molecule has 0 spiro atoms. The molecule has 0 radical (unpaired) electrons. The number of benzene rings is 3. The van der Waals surface area contributed by atoms with Crippen molar-refractivity contribution < 1.29 is 13.2 Å². The summed E-state index contributed by atoms with van der Waals surface area (Å²) in [6.07, 6.45) is 0. The number of anilines is 3. The molecule has 1 N–H and O–H groups in total. The van der Waals surface area contributed by atoms with Gasteiger partial charge in [-0.05, 0) is 36.4 Å². The van der Waals surface area contributed by atoms with Crippen LogP contribution in [0.25, 0.3) is 11.0 Å². The number of fused-ring (bicyclic) bond motifs is 1. The molecular weight excluding hydrogens is 450 g/mol. The van der Waals surface area contributed by atoms with Gasteiger partial charge in [0.2, 0.25) is 0 Å². The maximum Gasteiger partial charge on any atom is 0.263 e. The number of nitrogens with one attached hydrogen (secondary N) is 1. The first-order valence-corrected chi connectivity index (χ1v) is 12.5. The van der Waals surface area contributed by atoms with Crippen molar-refractivity contribution in [2.45, 2.75) is 4.90 Å². The molecule has 174 valence electrons. The van der Waals surface area contributed by atoms with Gasteiger partial charge in [-0.3, -0.25) is 4.72 Å². The second-order valence-electron chi connectivity index (χ2n) is 7.98. The van der Waals surface area contributed by atoms with E-state index >= 15 is 0 Å². The van der Waals surface area contributed by atoms with Crippen molar-refractivity contribution in [3.05, 3.63) is 78.9 Å². The number of ether oxygens (including phenoxy) is 1. The van der Waals surface area contributed by atoms with Gasteiger partial charge in [-0.25, -0.2) is 18.4 Å². The summed E-state index contributed by atoms with van der Waals surface area (Å²) in [4.78, 5) is 14.0. The van der Waals surface area contributed by atoms with Crippen molar-refractivity contribution in [3.8, 4) is 5.75 Å². The minimum atomic E-state index is -3.82. The van der Waals surface area contributed by atoms with Crippen LogP contribution in [-0.4, -0.2) is 51.7 Å². The van der Waals surface area contributed by atoms with E-state index in [0.29, 0.717) is 35.7 Å². The maximum absolute atomic E-state index is 13.1. The minimum absolute atomic E-state index is 0.173. The summed E-state index contributed by atoms with van der Waals surface area (Å²) in [7, 11) is -2.23. The standard InChI is InChI=1S/C25H25N5O3S/c1-33-20-12-13-22-23(18-20)27-25(24(26-22)28-34(31,32)21-10-6-3-7-11-21)30-16-14-29(15-17-30)19-8-4-2-5-9-19/h2-13,18H,14-17H2,1H3,(H,26,28). The fourth-order valence-corrected chi connectivity index (χ4v) is 5.07. The van der Waals surface area contributed by atoms with Crippen LogP contribution in [0.1, 0.15) is 0 Å². The van der Waals surface area contributed by atoms with Gasteiger partial charge in [0, 0.05) is 37.9 Å². The number of rotatable bonds is 6. The Morgan fingerprint density at radius 2 is 1.44 bits per heavy atom. The quantitative estimate of drug-likeness (QED) is 0.454. The monoisotopic (exact) mass is 475 g/mol. The van der Waals surface area contributed by atoms with Gasteiger partial charge in [0.05, 0.1) is 23.0 Å². The average molecular weight is 476 g/mol. The molecule has 3 aromatic carbocycles. The summed E-state index contributed by atoms with van der Waals surface area (Å²) >= 11 is 0. The van der Waals surface area contributed by atoms with E-state index in [9.17, 15) is 8.42 Å². The summed E-state index contributed by atoms with van der Waals surface area (Å²) in [6.45, 7) is 2.93. The number of hydrogen-bond donors (Lipinski definition) is 1. The second-order valence-corrected chi connectivity index (χ2v) is 9.66. The van der Waals surface area contributed by atoms with E-state index in [2.05, 4.69) is 31.6 Å². The molecule has 0 saturated carbocycles. The molecule has 2 heterocycles. The Labute approximate surface area is 198 Å². The lowest BCUT2D eigenvalue weighted by Crippen LogP contribution is -2.47. The molecular formula is C25H25N5O3S. The molecule has 0 aliphatic carbocycles. The van der Waals surface area contributed by atoms with Gasteiger partial charge in [0.25, 0.3) is 10.0 Å². The number of nitrogens with zero attached hydrogens (tertiary/aromatic N) is 4. The normalized spacial score (nSPS) is 14.3. The predicted octanol–water partition coefficient (Wildman–Crippen LogP) is 3.77. The summed E-state index contributed by atoms with van der Waals surface area (Å²) in [6, 6.07) is 23.9. The van der Waals surface area contributed by atoms with Crippen LogP contribution in [0.2, 0.25) is 0 Å². The Kier molecular flexibility index (Phi) is 5.93. The smallest absolute Gasteiger partial charge is 0.263 e. The molecule has 0 amide bonds. The summed E-state index contributed by atoms with van der Waals surface area (Å²) < 4.78 is 34.2. The Hall–Kier alpha value is -3.85. The molecule has 1 aliphatic heterocycles. The highest BCUT2D eigenvalue weighted by molar-refractivity contribution is 7.92. The fraction of sp³-hybridized carbons (Fsp3) is 0.200. The minimum Gasteiger partial charge on any atom is -0.497 e. The zero-order valence-corrected chi connectivity index (χ0v) is 19.6. The third-order valence-electron chi connectivity index (χ3n) is 5.84. The molecule has 1 saturated heterocycles. The van der Waals surface area contributed by atoms with Crippen LogP contribution in [0.4, 0.5) is 17.3 Å². The molecule has 1 aliphatic rings. The zero-order valence-electron chi connectivity index (χ0n) is 18.8. The third kappa shape index (κ3) is 4.47. The van der Waals surface area contributed by atoms with Crippen LogP contribution in [-0.2, 0) is 10.0 Å². The lowest BCUT2D eigenvalue weighted by molar-refractivity contribution is 0.415. The number of hydrogen-bond acceptors (Lipinski definition) is 7. The molecule has 9 heteroatoms. The van der Waals surface area contributed by atoms with Crippen molar-refractivity contribution in [2.24, 2.45) is 0 Å². The number of piperazine rings is 1. The third-order valence-corrected chi connectivity index (χ3v) is 7.19. The van der Waals surface area contributed by atoms with Crippen LogP contribution < -0.4 is 19.3 Å². The van der Waals surface area contributed by atoms with Crippen LogP contribution >= 0.6 is 0 Å². The Morgan fingerprint density at radius 1 is 0.794 bits per heavy atom. The lowest BCUT2D eigenvalue weighted by Gasteiger charge is -2.37. The van der Waals surface area contributed by atoms with Crippen molar-refractivity contribution >= 4 is 38.4 Å². The second kappa shape index (κ2) is 9.18. The van der Waals surface area contributed by atoms with E-state index in [1.807, 2.05) is 24.3 Å². The van der Waals surface area contributed by atoms with Crippen LogP contribution in [0.15, 0.2) is 83.8 Å². The van der Waals surface area contributed by atoms with Crippen molar-refractivity contribution in [1.82, 2.24) is 9.97 Å². The van der Waals surface area contributed by atoms with Gasteiger partial charge in [0.15, 0.2) is 11.6 Å². The zero-order chi connectivity index (χ0) is 23.5. The van der Waals surface area contributed by atoms with Crippen molar-refractivity contribution in [2.75, 3.05) is 47.8 Å². The molecule has 5 rings (SSSR count). The topological polar surface area (TPSA) is 87.7 Å². The van der Waals surface area contributed by atoms with Gasteiger partial charge >= 0.3 is 0 Å². The molecule has 0 atom stereocenters. The largest absolute Gasteiger partial charge is 0.497 e. The first-order chi connectivity index (χ1) is 16.5. The highest BCUT2D eigenvalue weighted by Crippen LogP contribution is 2.30. The Morgan fingerprint density at radius 3 is 2.12 bits per heavy atom. The highest BCUT2D eigenvalue weighted by Gasteiger charge is 2.25. The van der Waals surface area contributed by atoms with Gasteiger partial charge < -0.3 is 14.5 Å². The van der Waals surface area contributed by atoms with E-state index in [0.717, 1.165) is 13.1 Å². The summed E-state index contributed by atoms with van der Waals surface area (Å²) in [5.41, 5.74) is 2.39. The molecule has 34 heavy (non-hydrogen) atoms. The molecule has 8 nitrogen and oxygen atoms in total. The number of sulfonamides is 1. The van der Waals surface area contributed by atoms with E-state index in [-0.39, 0.29) is 10.7 Å². The fourth-order valence-electron chi connectivity index (χ4n) is 4.04. The van der Waals surface area contributed by atoms with Crippen molar-refractivity contribution in [3.63, 3.8) is 0 Å². The van der Waals surface area contributed by atoms with E-state index < -0.39 is 10.0 Å².